The molecule has 1 N–H and O–H groups in total. The zero-order chi connectivity index (χ0) is 15.5. The van der Waals surface area contributed by atoms with Gasteiger partial charge in [0.15, 0.2) is 0 Å². The fraction of sp³-hybridized carbons (Fsp3) is 1.00. The molecule has 0 amide bonds. The summed E-state index contributed by atoms with van der Waals surface area (Å²) >= 11 is 0. The number of likely N-dealkylation sites (N-methyl/N-ethyl adjacent to an activating group) is 1. The summed E-state index contributed by atoms with van der Waals surface area (Å²) in [5.41, 5.74) is 0.444. The summed E-state index contributed by atoms with van der Waals surface area (Å²) < 4.78 is 5.98. The molecule has 4 unspecified atom stereocenters. The van der Waals surface area contributed by atoms with Crippen LogP contribution < -0.4 is 5.32 Å². The fourth-order valence-electron chi connectivity index (χ4n) is 4.24. The zero-order valence-corrected chi connectivity index (χ0v) is 14.9. The van der Waals surface area contributed by atoms with Gasteiger partial charge in [0.1, 0.15) is 0 Å². The molecule has 3 nitrogen and oxygen atoms in total. The van der Waals surface area contributed by atoms with Crippen molar-refractivity contribution in [3.63, 3.8) is 0 Å². The van der Waals surface area contributed by atoms with Crippen molar-refractivity contribution in [2.45, 2.75) is 82.9 Å². The molecule has 4 atom stereocenters. The quantitative estimate of drug-likeness (QED) is 0.841. The van der Waals surface area contributed by atoms with E-state index in [1.54, 1.807) is 0 Å². The van der Waals surface area contributed by atoms with Crippen LogP contribution in [0.5, 0.6) is 0 Å². The molecule has 0 aromatic carbocycles. The molecule has 0 aromatic rings. The van der Waals surface area contributed by atoms with Crippen molar-refractivity contribution >= 4 is 0 Å². The van der Waals surface area contributed by atoms with E-state index in [2.05, 4.69) is 45.1 Å². The van der Waals surface area contributed by atoms with Gasteiger partial charge in [-0.15, -0.1) is 0 Å². The highest BCUT2D eigenvalue weighted by Crippen LogP contribution is 2.36. The van der Waals surface area contributed by atoms with E-state index in [1.807, 2.05) is 0 Å². The van der Waals surface area contributed by atoms with Crippen LogP contribution in [0.25, 0.3) is 0 Å². The van der Waals surface area contributed by atoms with Crippen LogP contribution in [0.4, 0.5) is 0 Å². The summed E-state index contributed by atoms with van der Waals surface area (Å²) in [6.07, 6.45) is 8.88. The molecule has 1 saturated carbocycles. The van der Waals surface area contributed by atoms with Crippen LogP contribution in [0.15, 0.2) is 0 Å². The number of nitrogens with zero attached hydrogens (tertiary/aromatic N) is 1. The first kappa shape index (κ1) is 17.2. The molecule has 124 valence electrons. The molecular formula is C18H36N2O. The van der Waals surface area contributed by atoms with Gasteiger partial charge in [-0.3, -0.25) is 0 Å². The minimum Gasteiger partial charge on any atom is -0.375 e. The standard InChI is InChI=1S/C18H36N2O/c1-6-17(3)13-16(9-11-21-17)19-14-18(20(4)5)10-7-8-15(2)12-18/h15-16,19H,6-14H2,1-5H3. The summed E-state index contributed by atoms with van der Waals surface area (Å²) in [4.78, 5) is 2.48. The third kappa shape index (κ3) is 4.20. The van der Waals surface area contributed by atoms with E-state index in [1.165, 1.54) is 25.7 Å². The maximum Gasteiger partial charge on any atom is 0.0666 e. The van der Waals surface area contributed by atoms with Gasteiger partial charge in [-0.25, -0.2) is 0 Å². The molecule has 2 aliphatic rings. The van der Waals surface area contributed by atoms with E-state index in [9.17, 15) is 0 Å². The third-order valence-corrected chi connectivity index (χ3v) is 6.08. The van der Waals surface area contributed by atoms with Gasteiger partial charge in [0, 0.05) is 24.7 Å². The highest BCUT2D eigenvalue weighted by atomic mass is 16.5. The van der Waals surface area contributed by atoms with Crippen LogP contribution in [-0.4, -0.2) is 49.3 Å². The lowest BCUT2D eigenvalue weighted by Gasteiger charge is -2.47. The average Bonchev–Trinajstić information content (AvgIpc) is 2.45. The summed E-state index contributed by atoms with van der Waals surface area (Å²) in [6, 6.07) is 0.623. The van der Waals surface area contributed by atoms with Gasteiger partial charge in [-0.1, -0.05) is 26.7 Å². The Kier molecular flexibility index (Phi) is 5.72. The molecule has 0 spiro atoms. The zero-order valence-electron chi connectivity index (χ0n) is 14.9. The van der Waals surface area contributed by atoms with Crippen LogP contribution >= 0.6 is 0 Å². The largest absolute Gasteiger partial charge is 0.375 e. The van der Waals surface area contributed by atoms with E-state index in [-0.39, 0.29) is 5.60 Å². The molecule has 1 aliphatic heterocycles. The van der Waals surface area contributed by atoms with E-state index in [0.717, 1.165) is 38.3 Å². The smallest absolute Gasteiger partial charge is 0.0666 e. The Labute approximate surface area is 131 Å². The Balaban J connectivity index is 1.93. The summed E-state index contributed by atoms with van der Waals surface area (Å²) in [5, 5.41) is 3.90. The Hall–Kier alpha value is -0.120. The molecule has 0 radical (unpaired) electrons. The molecular weight excluding hydrogens is 260 g/mol. The minimum atomic E-state index is 0.0844. The molecule has 2 rings (SSSR count). The number of rotatable bonds is 5. The Morgan fingerprint density at radius 2 is 2.00 bits per heavy atom. The van der Waals surface area contributed by atoms with Crippen molar-refractivity contribution in [3.05, 3.63) is 0 Å². The first-order valence-electron chi connectivity index (χ1n) is 8.94. The van der Waals surface area contributed by atoms with Crippen molar-refractivity contribution in [2.75, 3.05) is 27.2 Å². The Morgan fingerprint density at radius 1 is 1.24 bits per heavy atom. The van der Waals surface area contributed by atoms with Gasteiger partial charge in [0.2, 0.25) is 0 Å². The number of hydrogen-bond acceptors (Lipinski definition) is 3. The topological polar surface area (TPSA) is 24.5 Å². The normalized spacial score (nSPS) is 41.4. The lowest BCUT2D eigenvalue weighted by Crippen LogP contribution is -2.57. The molecule has 2 fully saturated rings. The Morgan fingerprint density at radius 3 is 2.62 bits per heavy atom. The van der Waals surface area contributed by atoms with Crippen LogP contribution in [0.2, 0.25) is 0 Å². The van der Waals surface area contributed by atoms with Gasteiger partial charge >= 0.3 is 0 Å². The second-order valence-corrected chi connectivity index (χ2v) is 8.04. The summed E-state index contributed by atoms with van der Waals surface area (Å²) in [5.74, 6) is 0.860. The van der Waals surface area contributed by atoms with Crippen molar-refractivity contribution < 1.29 is 4.74 Å². The first-order valence-corrected chi connectivity index (χ1v) is 8.94. The molecule has 1 aliphatic carbocycles. The first-order chi connectivity index (χ1) is 9.89. The van der Waals surface area contributed by atoms with Crippen LogP contribution in [0.3, 0.4) is 0 Å². The number of nitrogens with one attached hydrogen (secondary N) is 1. The van der Waals surface area contributed by atoms with Gasteiger partial charge in [-0.05, 0) is 59.0 Å². The van der Waals surface area contributed by atoms with E-state index < -0.39 is 0 Å². The van der Waals surface area contributed by atoms with Crippen LogP contribution in [-0.2, 0) is 4.74 Å². The predicted octanol–water partition coefficient (Wildman–Crippen LogP) is 3.43. The van der Waals surface area contributed by atoms with E-state index >= 15 is 0 Å². The van der Waals surface area contributed by atoms with Crippen LogP contribution in [0, 0.1) is 5.92 Å². The van der Waals surface area contributed by atoms with Crippen molar-refractivity contribution in [1.82, 2.24) is 10.2 Å². The highest BCUT2D eigenvalue weighted by Gasteiger charge is 2.38. The highest BCUT2D eigenvalue weighted by molar-refractivity contribution is 4.96. The van der Waals surface area contributed by atoms with Gasteiger partial charge in [0.25, 0.3) is 0 Å². The molecule has 21 heavy (non-hydrogen) atoms. The maximum absolute atomic E-state index is 5.98. The second kappa shape index (κ2) is 6.97. The van der Waals surface area contributed by atoms with Crippen molar-refractivity contribution in [2.24, 2.45) is 5.92 Å². The monoisotopic (exact) mass is 296 g/mol. The fourth-order valence-corrected chi connectivity index (χ4v) is 4.24. The summed E-state index contributed by atoms with van der Waals surface area (Å²) in [7, 11) is 4.53. The average molecular weight is 296 g/mol. The lowest BCUT2D eigenvalue weighted by molar-refractivity contribution is -0.0797. The molecule has 0 aromatic heterocycles. The van der Waals surface area contributed by atoms with E-state index in [0.29, 0.717) is 11.6 Å². The van der Waals surface area contributed by atoms with Gasteiger partial charge < -0.3 is 15.0 Å². The van der Waals surface area contributed by atoms with Gasteiger partial charge in [-0.2, -0.15) is 0 Å². The number of hydrogen-bond donors (Lipinski definition) is 1. The van der Waals surface area contributed by atoms with Crippen LogP contribution in [0.1, 0.15) is 65.7 Å². The number of ether oxygens (including phenoxy) is 1. The molecule has 1 saturated heterocycles. The minimum absolute atomic E-state index is 0.0844. The maximum atomic E-state index is 5.98. The third-order valence-electron chi connectivity index (χ3n) is 6.08. The lowest BCUT2D eigenvalue weighted by atomic mass is 9.75. The second-order valence-electron chi connectivity index (χ2n) is 8.04. The predicted molar refractivity (Wildman–Crippen MR) is 89.7 cm³/mol. The Bertz CT molecular complexity index is 333. The van der Waals surface area contributed by atoms with Gasteiger partial charge in [0.05, 0.1) is 5.60 Å². The van der Waals surface area contributed by atoms with E-state index in [4.69, 9.17) is 4.74 Å². The molecule has 3 heteroatoms. The SMILES string of the molecule is CCC1(C)CC(NCC2(N(C)C)CCCC(C)C2)CCO1. The van der Waals surface area contributed by atoms with Crippen molar-refractivity contribution in [3.8, 4) is 0 Å². The molecule has 1 heterocycles. The van der Waals surface area contributed by atoms with Crippen molar-refractivity contribution in [1.29, 1.82) is 0 Å². The molecule has 0 bridgehead atoms. The summed E-state index contributed by atoms with van der Waals surface area (Å²) in [6.45, 7) is 8.97.